The first-order valence-electron chi connectivity index (χ1n) is 5.08. The molecule has 1 aromatic carbocycles. The quantitative estimate of drug-likeness (QED) is 0.454. The number of hydrogen-bond donors (Lipinski definition) is 2. The molecule has 0 radical (unpaired) electrons. The van der Waals surface area contributed by atoms with Gasteiger partial charge in [0.05, 0.1) is 29.5 Å². The van der Waals surface area contributed by atoms with Gasteiger partial charge in [0, 0.05) is 10.6 Å². The molecule has 0 aromatic heterocycles. The van der Waals surface area contributed by atoms with E-state index in [9.17, 15) is 27.9 Å². The molecule has 0 aliphatic heterocycles. The number of sulfonamides is 1. The van der Waals surface area contributed by atoms with Crippen molar-refractivity contribution in [3.05, 3.63) is 21.7 Å². The fourth-order valence-corrected chi connectivity index (χ4v) is 2.10. The molecule has 3 N–H and O–H groups in total. The first-order chi connectivity index (χ1) is 9.62. The van der Waals surface area contributed by atoms with Gasteiger partial charge in [-0.05, 0) is 0 Å². The summed E-state index contributed by atoms with van der Waals surface area (Å²) in [5, 5.41) is 10.9. The Labute approximate surface area is 117 Å². The van der Waals surface area contributed by atoms with Crippen LogP contribution in [0.15, 0.2) is 6.07 Å². The van der Waals surface area contributed by atoms with Crippen LogP contribution in [0.5, 0.6) is 5.75 Å². The monoisotopic (exact) mass is 323 g/mol. The predicted octanol–water partition coefficient (Wildman–Crippen LogP) is 0.598. The van der Waals surface area contributed by atoms with Crippen LogP contribution in [0.1, 0.15) is 10.4 Å². The molecule has 0 unspecified atom stereocenters. The van der Waals surface area contributed by atoms with E-state index in [1.54, 1.807) is 4.72 Å². The summed E-state index contributed by atoms with van der Waals surface area (Å²) in [6, 6.07) is 0.740. The van der Waals surface area contributed by atoms with Gasteiger partial charge in [-0.3, -0.25) is 14.8 Å². The topological polar surface area (TPSA) is 151 Å². The normalized spacial score (nSPS) is 10.8. The van der Waals surface area contributed by atoms with Gasteiger partial charge < -0.3 is 10.5 Å². The molecule has 10 nitrogen and oxygen atoms in total. The summed E-state index contributed by atoms with van der Waals surface area (Å²) in [7, 11) is -2.90. The van der Waals surface area contributed by atoms with Crippen LogP contribution in [0.4, 0.5) is 21.6 Å². The zero-order valence-electron chi connectivity index (χ0n) is 10.7. The van der Waals surface area contributed by atoms with Crippen molar-refractivity contribution in [3.63, 3.8) is 0 Å². The molecule has 12 heteroatoms. The molecule has 0 saturated carbocycles. The molecule has 1 rings (SSSR count). The fraction of sp³-hybridized carbons (Fsp3) is 0.222. The second-order valence-electron chi connectivity index (χ2n) is 3.76. The number of benzene rings is 1. The predicted molar refractivity (Wildman–Crippen MR) is 69.1 cm³/mol. The van der Waals surface area contributed by atoms with E-state index in [1.165, 1.54) is 0 Å². The zero-order valence-corrected chi connectivity index (χ0v) is 11.6. The molecular formula is C9H10FN3O7S. The van der Waals surface area contributed by atoms with Crippen LogP contribution >= 0.6 is 0 Å². The number of carbonyl (C=O) groups excluding carboxylic acids is 1. The van der Waals surface area contributed by atoms with Gasteiger partial charge in [-0.2, -0.15) is 0 Å². The number of nitro groups is 1. The van der Waals surface area contributed by atoms with Gasteiger partial charge in [0.2, 0.25) is 10.0 Å². The van der Waals surface area contributed by atoms with E-state index in [1.807, 2.05) is 0 Å². The Morgan fingerprint density at radius 2 is 2.10 bits per heavy atom. The molecule has 0 spiro atoms. The lowest BCUT2D eigenvalue weighted by molar-refractivity contribution is -0.384. The molecule has 0 aliphatic rings. The van der Waals surface area contributed by atoms with E-state index in [4.69, 9.17) is 5.73 Å². The summed E-state index contributed by atoms with van der Waals surface area (Å²) in [5.74, 6) is -2.06. The fourth-order valence-electron chi connectivity index (χ4n) is 1.51. The maximum absolute atomic E-state index is 12.1. The minimum Gasteiger partial charge on any atom is -0.490 e. The number of nitrogens with zero attached hydrogens (tertiary/aromatic N) is 1. The average molecular weight is 323 g/mol. The number of ether oxygens (including phenoxy) is 1. The number of halogens is 1. The van der Waals surface area contributed by atoms with Crippen LogP contribution in [0.2, 0.25) is 0 Å². The summed E-state index contributed by atoms with van der Waals surface area (Å²) in [5.41, 5.74) is 2.63. The van der Waals surface area contributed by atoms with Crippen molar-refractivity contribution in [2.75, 3.05) is 23.8 Å². The third-order valence-electron chi connectivity index (χ3n) is 2.28. The Balaban J connectivity index is 3.75. The van der Waals surface area contributed by atoms with Gasteiger partial charge in [-0.25, -0.2) is 18.2 Å². The molecule has 0 atom stereocenters. The highest BCUT2D eigenvalue weighted by molar-refractivity contribution is 7.92. The van der Waals surface area contributed by atoms with Gasteiger partial charge in [-0.15, -0.1) is 0 Å². The standard InChI is InChI=1S/C9H10FN3O7S/c1-19-5-3-4(9(14)20-10)7(12-21(2,17)18)6(11)8(5)13(15)16/h3,12H,11H2,1-2H3. The first kappa shape index (κ1) is 16.4. The van der Waals surface area contributed by atoms with Crippen LogP contribution in [0.3, 0.4) is 0 Å². The Morgan fingerprint density at radius 1 is 1.52 bits per heavy atom. The zero-order chi connectivity index (χ0) is 16.4. The Kier molecular flexibility index (Phi) is 4.52. The van der Waals surface area contributed by atoms with E-state index in [2.05, 4.69) is 9.68 Å². The number of nitrogens with one attached hydrogen (secondary N) is 1. The highest BCUT2D eigenvalue weighted by Crippen LogP contribution is 2.41. The van der Waals surface area contributed by atoms with Crippen molar-refractivity contribution in [1.29, 1.82) is 0 Å². The molecule has 0 fully saturated rings. The number of anilines is 2. The molecule has 0 heterocycles. The molecule has 0 saturated heterocycles. The Hall–Kier alpha value is -2.63. The largest absolute Gasteiger partial charge is 0.490 e. The minimum absolute atomic E-state index is 0.461. The van der Waals surface area contributed by atoms with E-state index >= 15 is 0 Å². The van der Waals surface area contributed by atoms with Gasteiger partial charge in [0.1, 0.15) is 5.69 Å². The molecule has 0 aliphatic carbocycles. The minimum atomic E-state index is -3.95. The van der Waals surface area contributed by atoms with Crippen molar-refractivity contribution >= 4 is 33.1 Å². The SMILES string of the molecule is COc1cc(C(=O)OF)c(NS(C)(=O)=O)c(N)c1[N+](=O)[O-]. The summed E-state index contributed by atoms with van der Waals surface area (Å²) >= 11 is 0. The van der Waals surface area contributed by atoms with Gasteiger partial charge in [0.15, 0.2) is 5.75 Å². The third-order valence-corrected chi connectivity index (χ3v) is 2.86. The summed E-state index contributed by atoms with van der Waals surface area (Å²) < 4.78 is 41.0. The second kappa shape index (κ2) is 5.78. The van der Waals surface area contributed by atoms with Crippen LogP contribution in [0.25, 0.3) is 0 Å². The molecule has 116 valence electrons. The molecule has 0 bridgehead atoms. The van der Waals surface area contributed by atoms with E-state index in [-0.39, 0.29) is 0 Å². The smallest absolute Gasteiger partial charge is 0.381 e. The lowest BCUT2D eigenvalue weighted by Crippen LogP contribution is -2.16. The average Bonchev–Trinajstić information content (AvgIpc) is 2.37. The molecular weight excluding hydrogens is 313 g/mol. The van der Waals surface area contributed by atoms with E-state index in [0.29, 0.717) is 6.26 Å². The molecule has 1 aromatic rings. The van der Waals surface area contributed by atoms with Gasteiger partial charge >= 0.3 is 11.7 Å². The molecule has 21 heavy (non-hydrogen) atoms. The van der Waals surface area contributed by atoms with Crippen molar-refractivity contribution < 1.29 is 32.3 Å². The second-order valence-corrected chi connectivity index (χ2v) is 5.51. The highest BCUT2D eigenvalue weighted by Gasteiger charge is 2.30. The van der Waals surface area contributed by atoms with Gasteiger partial charge in [0.25, 0.3) is 0 Å². The lowest BCUT2D eigenvalue weighted by atomic mass is 10.1. The number of methoxy groups -OCH3 is 1. The van der Waals surface area contributed by atoms with Crippen LogP contribution in [-0.2, 0) is 15.0 Å². The van der Waals surface area contributed by atoms with Crippen molar-refractivity contribution in [1.82, 2.24) is 0 Å². The van der Waals surface area contributed by atoms with Crippen molar-refractivity contribution in [3.8, 4) is 5.75 Å². The Morgan fingerprint density at radius 3 is 2.48 bits per heavy atom. The first-order valence-corrected chi connectivity index (χ1v) is 6.97. The summed E-state index contributed by atoms with van der Waals surface area (Å²) in [4.78, 5) is 24.3. The van der Waals surface area contributed by atoms with E-state index < -0.39 is 49.3 Å². The van der Waals surface area contributed by atoms with E-state index in [0.717, 1.165) is 13.2 Å². The number of hydrogen-bond acceptors (Lipinski definition) is 8. The number of carbonyl (C=O) groups is 1. The maximum Gasteiger partial charge on any atom is 0.381 e. The van der Waals surface area contributed by atoms with Crippen LogP contribution < -0.4 is 15.2 Å². The number of nitro benzene ring substituents is 1. The summed E-state index contributed by atoms with van der Waals surface area (Å²) in [6.07, 6.45) is 0.715. The van der Waals surface area contributed by atoms with Crippen molar-refractivity contribution in [2.45, 2.75) is 0 Å². The van der Waals surface area contributed by atoms with Crippen LogP contribution in [-0.4, -0.2) is 32.7 Å². The third kappa shape index (κ3) is 3.47. The maximum atomic E-state index is 12.1. The Bertz CT molecular complexity index is 704. The molecule has 0 amide bonds. The van der Waals surface area contributed by atoms with Crippen LogP contribution in [0, 0.1) is 10.1 Å². The highest BCUT2D eigenvalue weighted by atomic mass is 32.2. The number of nitrogens with two attached hydrogens (primary N) is 1. The number of nitrogen functional groups attached to an aromatic ring is 1. The van der Waals surface area contributed by atoms with Crippen molar-refractivity contribution in [2.24, 2.45) is 0 Å². The number of rotatable bonds is 5. The van der Waals surface area contributed by atoms with Gasteiger partial charge in [-0.1, -0.05) is 0 Å². The lowest BCUT2D eigenvalue weighted by Gasteiger charge is -2.13. The summed E-state index contributed by atoms with van der Waals surface area (Å²) in [6.45, 7) is 0.